The molecule has 0 spiro atoms. The topological polar surface area (TPSA) is 51.2 Å². The summed E-state index contributed by atoms with van der Waals surface area (Å²) in [4.78, 5) is 15.9. The molecule has 1 aliphatic carbocycles. The van der Waals surface area contributed by atoms with Gasteiger partial charge in [-0.15, -0.1) is 11.3 Å². The van der Waals surface area contributed by atoms with Crippen LogP contribution in [-0.4, -0.2) is 17.7 Å². The van der Waals surface area contributed by atoms with Crippen molar-refractivity contribution in [2.24, 2.45) is 0 Å². The maximum Gasteiger partial charge on any atom is 0.413 e. The molecule has 2 aromatic carbocycles. The molecule has 4 rings (SSSR count). The van der Waals surface area contributed by atoms with Crippen molar-refractivity contribution in [2.75, 3.05) is 11.9 Å². The summed E-state index contributed by atoms with van der Waals surface area (Å²) in [5.74, 6) is 0.0736. The SMILES string of the molecule is O=C(Nc1nccs1)OCC1c2ccccc2-c2ccccc21. The van der Waals surface area contributed by atoms with Crippen LogP contribution in [0.2, 0.25) is 0 Å². The maximum atomic E-state index is 11.9. The first-order chi connectivity index (χ1) is 11.3. The monoisotopic (exact) mass is 322 g/mol. The van der Waals surface area contributed by atoms with Crippen LogP contribution in [0.4, 0.5) is 9.93 Å². The number of amides is 1. The lowest BCUT2D eigenvalue weighted by molar-refractivity contribution is 0.158. The summed E-state index contributed by atoms with van der Waals surface area (Å²) in [7, 11) is 0. The second-order valence-corrected chi connectivity index (χ2v) is 6.18. The second-order valence-electron chi connectivity index (χ2n) is 5.29. The van der Waals surface area contributed by atoms with E-state index in [1.165, 1.54) is 33.6 Å². The molecule has 1 aromatic heterocycles. The zero-order valence-corrected chi connectivity index (χ0v) is 13.0. The van der Waals surface area contributed by atoms with E-state index in [9.17, 15) is 4.79 Å². The van der Waals surface area contributed by atoms with E-state index in [2.05, 4.69) is 34.6 Å². The molecule has 114 valence electrons. The Morgan fingerprint density at radius 3 is 2.35 bits per heavy atom. The quantitative estimate of drug-likeness (QED) is 0.772. The van der Waals surface area contributed by atoms with Crippen LogP contribution in [0.25, 0.3) is 11.1 Å². The predicted molar refractivity (Wildman–Crippen MR) is 90.8 cm³/mol. The van der Waals surface area contributed by atoms with Gasteiger partial charge in [0.25, 0.3) is 0 Å². The molecule has 23 heavy (non-hydrogen) atoms. The van der Waals surface area contributed by atoms with E-state index in [1.54, 1.807) is 11.6 Å². The van der Waals surface area contributed by atoms with Crippen LogP contribution in [0.5, 0.6) is 0 Å². The lowest BCUT2D eigenvalue weighted by Gasteiger charge is -2.14. The number of ether oxygens (including phenoxy) is 1. The first-order valence-electron chi connectivity index (χ1n) is 7.34. The summed E-state index contributed by atoms with van der Waals surface area (Å²) in [5, 5.41) is 4.99. The third-order valence-corrected chi connectivity index (χ3v) is 4.67. The number of nitrogens with one attached hydrogen (secondary N) is 1. The molecule has 1 amide bonds. The molecule has 0 saturated heterocycles. The van der Waals surface area contributed by atoms with Crippen LogP contribution in [-0.2, 0) is 4.74 Å². The van der Waals surface area contributed by atoms with Gasteiger partial charge in [0.1, 0.15) is 6.61 Å². The number of anilines is 1. The Labute approximate surface area is 137 Å². The average Bonchev–Trinajstić information content (AvgIpc) is 3.19. The zero-order chi connectivity index (χ0) is 15.6. The standard InChI is InChI=1S/C18H14N2O2S/c21-18(20-17-19-9-10-23-17)22-11-16-14-7-3-1-5-12(14)13-6-2-4-8-15(13)16/h1-10,16H,11H2,(H,19,20,21). The fourth-order valence-electron chi connectivity index (χ4n) is 3.01. The first kappa shape index (κ1) is 14.0. The molecule has 1 aliphatic rings. The fraction of sp³-hybridized carbons (Fsp3) is 0.111. The van der Waals surface area contributed by atoms with Gasteiger partial charge in [-0.25, -0.2) is 9.78 Å². The Morgan fingerprint density at radius 2 is 1.74 bits per heavy atom. The fourth-order valence-corrected chi connectivity index (χ4v) is 3.52. The van der Waals surface area contributed by atoms with Gasteiger partial charge in [-0.2, -0.15) is 0 Å². The molecule has 3 aromatic rings. The summed E-state index contributed by atoms with van der Waals surface area (Å²) in [5.41, 5.74) is 4.85. The number of fused-ring (bicyclic) bond motifs is 3. The lowest BCUT2D eigenvalue weighted by atomic mass is 9.98. The maximum absolute atomic E-state index is 11.9. The van der Waals surface area contributed by atoms with Gasteiger partial charge in [-0.3, -0.25) is 5.32 Å². The third kappa shape index (κ3) is 2.59. The Kier molecular flexibility index (Phi) is 3.55. The van der Waals surface area contributed by atoms with Crippen LogP contribution in [0.15, 0.2) is 60.1 Å². The zero-order valence-electron chi connectivity index (χ0n) is 12.2. The van der Waals surface area contributed by atoms with Crippen LogP contribution >= 0.6 is 11.3 Å². The summed E-state index contributed by atoms with van der Waals surface area (Å²) in [6.07, 6.45) is 1.17. The van der Waals surface area contributed by atoms with Crippen molar-refractivity contribution in [3.63, 3.8) is 0 Å². The van der Waals surface area contributed by atoms with E-state index in [0.717, 1.165) is 0 Å². The number of carbonyl (C=O) groups is 1. The number of hydrogen-bond donors (Lipinski definition) is 1. The molecule has 0 unspecified atom stereocenters. The van der Waals surface area contributed by atoms with Crippen molar-refractivity contribution in [1.82, 2.24) is 4.98 Å². The normalized spacial score (nSPS) is 12.5. The van der Waals surface area contributed by atoms with E-state index in [4.69, 9.17) is 4.74 Å². The Morgan fingerprint density at radius 1 is 1.09 bits per heavy atom. The number of rotatable bonds is 3. The summed E-state index contributed by atoms with van der Waals surface area (Å²) >= 11 is 1.36. The molecule has 0 radical (unpaired) electrons. The minimum Gasteiger partial charge on any atom is -0.448 e. The molecule has 0 saturated carbocycles. The van der Waals surface area contributed by atoms with Gasteiger partial charge in [0.2, 0.25) is 0 Å². The van der Waals surface area contributed by atoms with Gasteiger partial charge in [0.15, 0.2) is 5.13 Å². The largest absolute Gasteiger partial charge is 0.448 e. The summed E-state index contributed by atoms with van der Waals surface area (Å²) < 4.78 is 5.43. The van der Waals surface area contributed by atoms with Gasteiger partial charge in [-0.05, 0) is 22.3 Å². The van der Waals surface area contributed by atoms with Crippen molar-refractivity contribution in [2.45, 2.75) is 5.92 Å². The van der Waals surface area contributed by atoms with Crippen molar-refractivity contribution >= 4 is 22.6 Å². The molecular weight excluding hydrogens is 308 g/mol. The highest BCUT2D eigenvalue weighted by atomic mass is 32.1. The number of aromatic nitrogens is 1. The molecule has 5 heteroatoms. The smallest absolute Gasteiger partial charge is 0.413 e. The first-order valence-corrected chi connectivity index (χ1v) is 8.22. The molecule has 0 aliphatic heterocycles. The molecule has 0 bridgehead atoms. The number of thiazole rings is 1. The number of hydrogen-bond acceptors (Lipinski definition) is 4. The van der Waals surface area contributed by atoms with Gasteiger partial charge in [0, 0.05) is 17.5 Å². The molecular formula is C18H14N2O2S. The predicted octanol–water partition coefficient (Wildman–Crippen LogP) is 4.50. The molecule has 0 atom stereocenters. The van der Waals surface area contributed by atoms with Crippen molar-refractivity contribution in [3.8, 4) is 11.1 Å². The van der Waals surface area contributed by atoms with Crippen molar-refractivity contribution in [3.05, 3.63) is 71.2 Å². The second kappa shape index (κ2) is 5.85. The highest BCUT2D eigenvalue weighted by Crippen LogP contribution is 2.44. The highest BCUT2D eigenvalue weighted by molar-refractivity contribution is 7.13. The van der Waals surface area contributed by atoms with Gasteiger partial charge in [-0.1, -0.05) is 48.5 Å². The molecule has 1 heterocycles. The lowest BCUT2D eigenvalue weighted by Crippen LogP contribution is -2.17. The molecule has 1 N–H and O–H groups in total. The van der Waals surface area contributed by atoms with Crippen LogP contribution in [0.3, 0.4) is 0 Å². The Balaban J connectivity index is 1.54. The number of carbonyl (C=O) groups excluding carboxylic acids is 1. The minimum atomic E-state index is -0.471. The van der Waals surface area contributed by atoms with E-state index >= 15 is 0 Å². The van der Waals surface area contributed by atoms with Gasteiger partial charge < -0.3 is 4.74 Å². The average molecular weight is 322 g/mol. The van der Waals surface area contributed by atoms with E-state index in [0.29, 0.717) is 11.7 Å². The van der Waals surface area contributed by atoms with Crippen LogP contribution in [0.1, 0.15) is 17.0 Å². The van der Waals surface area contributed by atoms with Gasteiger partial charge >= 0.3 is 6.09 Å². The minimum absolute atomic E-state index is 0.0736. The summed E-state index contributed by atoms with van der Waals surface area (Å²) in [6.45, 7) is 0.311. The highest BCUT2D eigenvalue weighted by Gasteiger charge is 2.28. The Hall–Kier alpha value is -2.66. The van der Waals surface area contributed by atoms with Crippen molar-refractivity contribution < 1.29 is 9.53 Å². The van der Waals surface area contributed by atoms with E-state index in [-0.39, 0.29) is 5.92 Å². The van der Waals surface area contributed by atoms with E-state index in [1.807, 2.05) is 24.3 Å². The van der Waals surface area contributed by atoms with Gasteiger partial charge in [0.05, 0.1) is 0 Å². The number of nitrogens with zero attached hydrogens (tertiary/aromatic N) is 1. The third-order valence-electron chi connectivity index (χ3n) is 3.98. The molecule has 4 nitrogen and oxygen atoms in total. The molecule has 0 fully saturated rings. The van der Waals surface area contributed by atoms with Crippen molar-refractivity contribution in [1.29, 1.82) is 0 Å². The Bertz CT molecular complexity index is 800. The van der Waals surface area contributed by atoms with Crippen LogP contribution < -0.4 is 5.32 Å². The van der Waals surface area contributed by atoms with Crippen LogP contribution in [0, 0.1) is 0 Å². The number of benzene rings is 2. The summed E-state index contributed by atoms with van der Waals surface area (Å²) in [6, 6.07) is 16.5. The van der Waals surface area contributed by atoms with E-state index < -0.39 is 6.09 Å².